The Kier molecular flexibility index (Phi) is 4.84. The topological polar surface area (TPSA) is 56.2 Å². The Morgan fingerprint density at radius 2 is 2.19 bits per heavy atom. The Hall–Kier alpha value is -1.73. The summed E-state index contributed by atoms with van der Waals surface area (Å²) >= 11 is 1.64. The van der Waals surface area contributed by atoms with Crippen LogP contribution >= 0.6 is 23.7 Å². The Balaban J connectivity index is 0.00000168. The number of nitrogens with zero attached hydrogens (tertiary/aromatic N) is 2. The maximum Gasteiger partial charge on any atom is 0.262 e. The summed E-state index contributed by atoms with van der Waals surface area (Å²) in [7, 11) is 0. The largest absolute Gasteiger partial charge is 0.371 e. The molecule has 5 nitrogen and oxygen atoms in total. The number of ether oxygens (including phenoxy) is 1. The summed E-state index contributed by atoms with van der Waals surface area (Å²) in [6, 6.07) is 8.35. The molecule has 0 radical (unpaired) electrons. The fraction of sp³-hybridized carbons (Fsp3) is 0.368. The van der Waals surface area contributed by atoms with Crippen LogP contribution in [-0.4, -0.2) is 22.7 Å². The van der Waals surface area contributed by atoms with E-state index >= 15 is 0 Å². The van der Waals surface area contributed by atoms with Crippen molar-refractivity contribution in [3.8, 4) is 0 Å². The van der Waals surface area contributed by atoms with Gasteiger partial charge in [0, 0.05) is 11.4 Å². The van der Waals surface area contributed by atoms with Crippen molar-refractivity contribution in [1.82, 2.24) is 14.9 Å². The number of nitrogens with one attached hydrogen (secondary N) is 1. The number of halogens is 1. The molecule has 7 heteroatoms. The third-order valence-electron chi connectivity index (χ3n) is 5.15. The van der Waals surface area contributed by atoms with E-state index in [1.54, 1.807) is 22.2 Å². The van der Waals surface area contributed by atoms with Crippen LogP contribution in [0.15, 0.2) is 35.4 Å². The normalized spacial score (nSPS) is 18.8. The lowest BCUT2D eigenvalue weighted by atomic mass is 9.97. The first kappa shape index (κ1) is 17.7. The van der Waals surface area contributed by atoms with E-state index in [1.165, 1.54) is 21.6 Å². The van der Waals surface area contributed by atoms with Crippen molar-refractivity contribution < 1.29 is 4.74 Å². The van der Waals surface area contributed by atoms with Crippen molar-refractivity contribution in [3.63, 3.8) is 0 Å². The molecule has 0 fully saturated rings. The van der Waals surface area contributed by atoms with E-state index in [0.717, 1.165) is 36.1 Å². The molecule has 2 aliphatic rings. The smallest absolute Gasteiger partial charge is 0.262 e. The molecule has 0 saturated heterocycles. The minimum atomic E-state index is -0.0852. The fourth-order valence-electron chi connectivity index (χ4n) is 3.89. The Morgan fingerprint density at radius 3 is 3.12 bits per heavy atom. The van der Waals surface area contributed by atoms with Crippen LogP contribution in [0.4, 0.5) is 0 Å². The van der Waals surface area contributed by atoms with E-state index in [4.69, 9.17) is 4.74 Å². The van der Waals surface area contributed by atoms with Crippen LogP contribution in [0, 0.1) is 0 Å². The Labute approximate surface area is 161 Å². The van der Waals surface area contributed by atoms with Crippen LogP contribution in [0.2, 0.25) is 0 Å². The summed E-state index contributed by atoms with van der Waals surface area (Å²) in [5.41, 5.74) is 3.77. The number of hydrogen-bond donors (Lipinski definition) is 1. The van der Waals surface area contributed by atoms with Gasteiger partial charge in [0.1, 0.15) is 10.9 Å². The zero-order valence-corrected chi connectivity index (χ0v) is 15.9. The highest BCUT2D eigenvalue weighted by Crippen LogP contribution is 2.31. The summed E-state index contributed by atoms with van der Waals surface area (Å²) in [4.78, 5) is 19.8. The van der Waals surface area contributed by atoms with Crippen molar-refractivity contribution in [1.29, 1.82) is 0 Å². The van der Waals surface area contributed by atoms with Gasteiger partial charge in [0.05, 0.1) is 24.9 Å². The van der Waals surface area contributed by atoms with E-state index < -0.39 is 0 Å². The molecule has 5 rings (SSSR count). The first-order chi connectivity index (χ1) is 12.3. The van der Waals surface area contributed by atoms with Crippen molar-refractivity contribution in [2.45, 2.75) is 32.0 Å². The van der Waals surface area contributed by atoms with Crippen molar-refractivity contribution in [3.05, 3.63) is 62.5 Å². The van der Waals surface area contributed by atoms with Gasteiger partial charge in [0.2, 0.25) is 0 Å². The maximum absolute atomic E-state index is 13.1. The van der Waals surface area contributed by atoms with E-state index in [-0.39, 0.29) is 24.1 Å². The summed E-state index contributed by atoms with van der Waals surface area (Å²) in [5, 5.41) is 4.18. The second kappa shape index (κ2) is 7.12. The molecule has 0 aliphatic carbocycles. The Morgan fingerprint density at radius 1 is 1.31 bits per heavy atom. The molecular weight excluding hydrogens is 370 g/mol. The van der Waals surface area contributed by atoms with Gasteiger partial charge in [-0.05, 0) is 36.1 Å². The highest BCUT2D eigenvalue weighted by Gasteiger charge is 2.23. The fourth-order valence-corrected chi connectivity index (χ4v) is 5.03. The first-order valence-corrected chi connectivity index (χ1v) is 9.53. The number of benzene rings is 1. The molecule has 3 aromatic rings. The monoisotopic (exact) mass is 389 g/mol. The molecule has 0 bridgehead atoms. The van der Waals surface area contributed by atoms with E-state index in [1.807, 2.05) is 6.07 Å². The number of aromatic nitrogens is 2. The Bertz CT molecular complexity index is 1010. The van der Waals surface area contributed by atoms with Gasteiger partial charge in [-0.25, -0.2) is 4.98 Å². The van der Waals surface area contributed by atoms with Crippen LogP contribution in [-0.2, 0) is 30.7 Å². The second-order valence-corrected chi connectivity index (χ2v) is 7.70. The van der Waals surface area contributed by atoms with Gasteiger partial charge in [0.15, 0.2) is 0 Å². The van der Waals surface area contributed by atoms with Gasteiger partial charge in [-0.15, -0.1) is 23.7 Å². The molecule has 0 amide bonds. The number of thiophene rings is 1. The SMILES string of the molecule is Cl.O=c1c2c3c(sc2ncn1CC1OCCc2ccccc21)CNCC3. The van der Waals surface area contributed by atoms with Gasteiger partial charge < -0.3 is 10.1 Å². The van der Waals surface area contributed by atoms with Crippen molar-refractivity contribution >= 4 is 34.0 Å². The van der Waals surface area contributed by atoms with Crippen molar-refractivity contribution in [2.24, 2.45) is 0 Å². The lowest BCUT2D eigenvalue weighted by Crippen LogP contribution is -2.28. The predicted molar refractivity (Wildman–Crippen MR) is 105 cm³/mol. The lowest BCUT2D eigenvalue weighted by molar-refractivity contribution is 0.0299. The molecular formula is C19H20ClN3O2S. The average molecular weight is 390 g/mol. The van der Waals surface area contributed by atoms with Crippen LogP contribution in [0.1, 0.15) is 27.7 Å². The molecule has 1 N–H and O–H groups in total. The minimum absolute atomic E-state index is 0. The molecule has 2 aromatic heterocycles. The molecule has 4 heterocycles. The molecule has 26 heavy (non-hydrogen) atoms. The number of rotatable bonds is 2. The highest BCUT2D eigenvalue weighted by atomic mass is 35.5. The lowest BCUT2D eigenvalue weighted by Gasteiger charge is -2.26. The molecule has 136 valence electrons. The summed E-state index contributed by atoms with van der Waals surface area (Å²) < 4.78 is 7.70. The van der Waals surface area contributed by atoms with Crippen LogP contribution in [0.3, 0.4) is 0 Å². The van der Waals surface area contributed by atoms with E-state index in [2.05, 4.69) is 28.5 Å². The molecule has 0 saturated carbocycles. The van der Waals surface area contributed by atoms with Gasteiger partial charge in [0.25, 0.3) is 5.56 Å². The first-order valence-electron chi connectivity index (χ1n) is 8.71. The molecule has 0 spiro atoms. The zero-order valence-electron chi connectivity index (χ0n) is 14.2. The summed E-state index contributed by atoms with van der Waals surface area (Å²) in [5.74, 6) is 0. The van der Waals surface area contributed by atoms with Gasteiger partial charge in [-0.3, -0.25) is 9.36 Å². The van der Waals surface area contributed by atoms with E-state index in [0.29, 0.717) is 13.2 Å². The second-order valence-electron chi connectivity index (χ2n) is 6.62. The maximum atomic E-state index is 13.1. The molecule has 1 aromatic carbocycles. The highest BCUT2D eigenvalue weighted by molar-refractivity contribution is 7.18. The van der Waals surface area contributed by atoms with Crippen LogP contribution < -0.4 is 10.9 Å². The minimum Gasteiger partial charge on any atom is -0.371 e. The zero-order chi connectivity index (χ0) is 16.8. The number of fused-ring (bicyclic) bond motifs is 4. The molecule has 1 unspecified atom stereocenters. The third kappa shape index (κ3) is 2.87. The van der Waals surface area contributed by atoms with Crippen LogP contribution in [0.5, 0.6) is 0 Å². The van der Waals surface area contributed by atoms with E-state index in [9.17, 15) is 4.79 Å². The third-order valence-corrected chi connectivity index (χ3v) is 6.29. The van der Waals surface area contributed by atoms with Gasteiger partial charge >= 0.3 is 0 Å². The summed E-state index contributed by atoms with van der Waals surface area (Å²) in [6.07, 6.45) is 3.43. The number of hydrogen-bond acceptors (Lipinski definition) is 5. The van der Waals surface area contributed by atoms with Gasteiger partial charge in [-0.2, -0.15) is 0 Å². The molecule has 1 atom stereocenters. The predicted octanol–water partition coefficient (Wildman–Crippen LogP) is 2.84. The quantitative estimate of drug-likeness (QED) is 0.732. The summed E-state index contributed by atoms with van der Waals surface area (Å²) in [6.45, 7) is 2.98. The molecule has 2 aliphatic heterocycles. The average Bonchev–Trinajstić information content (AvgIpc) is 3.03. The van der Waals surface area contributed by atoms with Crippen molar-refractivity contribution in [2.75, 3.05) is 13.2 Å². The standard InChI is InChI=1S/C19H19N3O2S.ClH/c23-19-17-14-5-7-20-9-16(14)25-18(17)21-11-22(19)10-15-13-4-2-1-3-12(13)6-8-24-15;/h1-4,11,15,20H,5-10H2;1H. The van der Waals surface area contributed by atoms with Crippen LogP contribution in [0.25, 0.3) is 10.2 Å². The van der Waals surface area contributed by atoms with Gasteiger partial charge in [-0.1, -0.05) is 24.3 Å².